The summed E-state index contributed by atoms with van der Waals surface area (Å²) >= 11 is 0. The number of nitrogens with one attached hydrogen (secondary N) is 1. The molecular weight excluding hydrogens is 348 g/mol. The lowest BCUT2D eigenvalue weighted by molar-refractivity contribution is 0.558. The monoisotopic (exact) mass is 372 g/mol. The highest BCUT2D eigenvalue weighted by molar-refractivity contribution is 5.74. The van der Waals surface area contributed by atoms with E-state index in [-0.39, 0.29) is 0 Å². The van der Waals surface area contributed by atoms with Crippen LogP contribution >= 0.6 is 0 Å². The van der Waals surface area contributed by atoms with Crippen molar-refractivity contribution in [3.05, 3.63) is 66.6 Å². The van der Waals surface area contributed by atoms with Crippen LogP contribution in [0.25, 0.3) is 28.5 Å². The number of aromatic nitrogens is 6. The second-order valence-corrected chi connectivity index (χ2v) is 6.64. The molecule has 0 saturated carbocycles. The lowest BCUT2D eigenvalue weighted by Gasteiger charge is -2.18. The standard InChI is InChI=1S/C20H18N6.C2H6/c1(14-3-4-17-18(9-14)22-7-6-21-17)2-15-5-8-26-19(13-23-20(26)10-15)16-11-24-25-12-16;1-2/h3-9,11-13,15H,1-2,10H2,(H,24,25);1-2H3. The van der Waals surface area contributed by atoms with E-state index in [2.05, 4.69) is 60.2 Å². The third-order valence-electron chi connectivity index (χ3n) is 4.96. The van der Waals surface area contributed by atoms with Gasteiger partial charge in [0.2, 0.25) is 0 Å². The van der Waals surface area contributed by atoms with Gasteiger partial charge in [0.25, 0.3) is 0 Å². The molecule has 6 heteroatoms. The van der Waals surface area contributed by atoms with Crippen LogP contribution in [0.3, 0.4) is 0 Å². The number of nitrogens with zero attached hydrogens (tertiary/aromatic N) is 5. The first kappa shape index (κ1) is 18.1. The molecule has 0 fully saturated rings. The molecule has 4 aromatic rings. The first-order valence-electron chi connectivity index (χ1n) is 9.80. The van der Waals surface area contributed by atoms with Crippen molar-refractivity contribution in [2.45, 2.75) is 33.1 Å². The van der Waals surface area contributed by atoms with Gasteiger partial charge >= 0.3 is 0 Å². The first-order valence-corrected chi connectivity index (χ1v) is 9.80. The normalized spacial score (nSPS) is 15.1. The van der Waals surface area contributed by atoms with E-state index < -0.39 is 0 Å². The maximum Gasteiger partial charge on any atom is 0.113 e. The molecule has 1 aliphatic rings. The summed E-state index contributed by atoms with van der Waals surface area (Å²) < 4.78 is 2.16. The molecule has 0 saturated heterocycles. The van der Waals surface area contributed by atoms with Crippen LogP contribution in [0, 0.1) is 5.92 Å². The summed E-state index contributed by atoms with van der Waals surface area (Å²) in [4.78, 5) is 13.3. The molecule has 0 amide bonds. The number of rotatable bonds is 4. The molecule has 28 heavy (non-hydrogen) atoms. The van der Waals surface area contributed by atoms with E-state index in [1.165, 1.54) is 5.56 Å². The minimum Gasteiger partial charge on any atom is -0.303 e. The van der Waals surface area contributed by atoms with Crippen LogP contribution in [-0.4, -0.2) is 29.7 Å². The molecule has 0 bridgehead atoms. The van der Waals surface area contributed by atoms with Gasteiger partial charge in [-0.3, -0.25) is 15.1 Å². The molecule has 0 aliphatic carbocycles. The Morgan fingerprint density at radius 2 is 1.93 bits per heavy atom. The van der Waals surface area contributed by atoms with E-state index in [0.717, 1.165) is 47.4 Å². The Morgan fingerprint density at radius 1 is 1.07 bits per heavy atom. The molecule has 4 heterocycles. The van der Waals surface area contributed by atoms with Crippen LogP contribution in [0.4, 0.5) is 0 Å². The van der Waals surface area contributed by atoms with E-state index in [4.69, 9.17) is 0 Å². The minimum atomic E-state index is 0.500. The topological polar surface area (TPSA) is 72.3 Å². The second-order valence-electron chi connectivity index (χ2n) is 6.64. The molecule has 1 aromatic carbocycles. The molecule has 1 atom stereocenters. The van der Waals surface area contributed by atoms with Crippen LogP contribution in [0.15, 0.2) is 55.3 Å². The van der Waals surface area contributed by atoms with Crippen molar-refractivity contribution in [1.82, 2.24) is 29.7 Å². The predicted octanol–water partition coefficient (Wildman–Crippen LogP) is 4.52. The summed E-state index contributed by atoms with van der Waals surface area (Å²) in [6.07, 6.45) is 16.6. The van der Waals surface area contributed by atoms with Gasteiger partial charge < -0.3 is 4.57 Å². The molecule has 1 unspecified atom stereocenters. The Balaban J connectivity index is 0.000000932. The van der Waals surface area contributed by atoms with E-state index in [0.29, 0.717) is 5.92 Å². The van der Waals surface area contributed by atoms with Gasteiger partial charge in [-0.05, 0) is 36.5 Å². The third kappa shape index (κ3) is 3.58. The van der Waals surface area contributed by atoms with E-state index in [1.54, 1.807) is 12.4 Å². The zero-order chi connectivity index (χ0) is 19.3. The number of aryl methyl sites for hydroxylation is 1. The van der Waals surface area contributed by atoms with Crippen molar-refractivity contribution in [1.29, 1.82) is 0 Å². The van der Waals surface area contributed by atoms with Crippen molar-refractivity contribution in [3.63, 3.8) is 0 Å². The van der Waals surface area contributed by atoms with Crippen molar-refractivity contribution in [2.75, 3.05) is 0 Å². The zero-order valence-corrected chi connectivity index (χ0v) is 16.2. The van der Waals surface area contributed by atoms with E-state index >= 15 is 0 Å². The molecule has 0 radical (unpaired) electrons. The summed E-state index contributed by atoms with van der Waals surface area (Å²) in [5, 5.41) is 6.89. The van der Waals surface area contributed by atoms with Gasteiger partial charge in [0.05, 0.1) is 29.1 Å². The number of aromatic amines is 1. The number of hydrogen-bond donors (Lipinski definition) is 1. The molecule has 5 rings (SSSR count). The summed E-state index contributed by atoms with van der Waals surface area (Å²) in [5.41, 5.74) is 5.35. The number of hydrogen-bond acceptors (Lipinski definition) is 4. The van der Waals surface area contributed by atoms with Gasteiger partial charge in [-0.15, -0.1) is 0 Å². The first-order chi connectivity index (χ1) is 13.9. The molecule has 3 aromatic heterocycles. The van der Waals surface area contributed by atoms with Gasteiger partial charge in [0.15, 0.2) is 0 Å². The largest absolute Gasteiger partial charge is 0.303 e. The van der Waals surface area contributed by atoms with Crippen molar-refractivity contribution >= 4 is 17.2 Å². The molecular formula is C22H24N6. The van der Waals surface area contributed by atoms with Gasteiger partial charge in [-0.1, -0.05) is 26.0 Å². The fourth-order valence-electron chi connectivity index (χ4n) is 3.55. The Morgan fingerprint density at radius 3 is 2.75 bits per heavy atom. The van der Waals surface area contributed by atoms with Crippen LogP contribution in [0.1, 0.15) is 31.7 Å². The van der Waals surface area contributed by atoms with Gasteiger partial charge in [0.1, 0.15) is 5.82 Å². The second kappa shape index (κ2) is 8.17. The summed E-state index contributed by atoms with van der Waals surface area (Å²) in [5.74, 6) is 1.61. The average molecular weight is 372 g/mol. The van der Waals surface area contributed by atoms with Crippen LogP contribution < -0.4 is 0 Å². The van der Waals surface area contributed by atoms with E-state index in [1.807, 2.05) is 32.4 Å². The van der Waals surface area contributed by atoms with Crippen LogP contribution in [-0.2, 0) is 12.8 Å². The number of allylic oxidation sites excluding steroid dienone is 1. The average Bonchev–Trinajstić information content (AvgIpc) is 3.43. The SMILES string of the molecule is C1=Cn2c(-c3cn[nH]c3)cnc2CC1CCc1ccc2nccnc2c1.CC. The van der Waals surface area contributed by atoms with Gasteiger partial charge in [-0.2, -0.15) is 5.10 Å². The highest BCUT2D eigenvalue weighted by atomic mass is 15.1. The molecule has 1 N–H and O–H groups in total. The highest BCUT2D eigenvalue weighted by Gasteiger charge is 2.18. The number of imidazole rings is 1. The van der Waals surface area contributed by atoms with Gasteiger partial charge in [0, 0.05) is 36.8 Å². The fraction of sp³-hybridized carbons (Fsp3) is 0.273. The van der Waals surface area contributed by atoms with Crippen molar-refractivity contribution in [3.8, 4) is 11.3 Å². The van der Waals surface area contributed by atoms with Crippen molar-refractivity contribution in [2.24, 2.45) is 5.92 Å². The summed E-state index contributed by atoms with van der Waals surface area (Å²) in [7, 11) is 0. The summed E-state index contributed by atoms with van der Waals surface area (Å²) in [6, 6.07) is 6.35. The molecule has 142 valence electrons. The van der Waals surface area contributed by atoms with Crippen LogP contribution in [0.2, 0.25) is 0 Å². The number of H-pyrrole nitrogens is 1. The number of benzene rings is 1. The third-order valence-corrected chi connectivity index (χ3v) is 4.96. The smallest absolute Gasteiger partial charge is 0.113 e. The maximum atomic E-state index is 4.61. The zero-order valence-electron chi connectivity index (χ0n) is 16.2. The van der Waals surface area contributed by atoms with Crippen LogP contribution in [0.5, 0.6) is 0 Å². The van der Waals surface area contributed by atoms with Crippen molar-refractivity contribution < 1.29 is 0 Å². The fourth-order valence-corrected chi connectivity index (χ4v) is 3.55. The quantitative estimate of drug-likeness (QED) is 0.572. The lowest BCUT2D eigenvalue weighted by Crippen LogP contribution is -2.12. The lowest BCUT2D eigenvalue weighted by atomic mass is 9.94. The highest BCUT2D eigenvalue weighted by Crippen LogP contribution is 2.27. The van der Waals surface area contributed by atoms with E-state index in [9.17, 15) is 0 Å². The van der Waals surface area contributed by atoms with Gasteiger partial charge in [-0.25, -0.2) is 4.98 Å². The maximum absolute atomic E-state index is 4.61. The Bertz CT molecular complexity index is 1080. The Hall–Kier alpha value is -3.28. The molecule has 0 spiro atoms. The Labute approximate surface area is 164 Å². The summed E-state index contributed by atoms with van der Waals surface area (Å²) in [6.45, 7) is 4.00. The predicted molar refractivity (Wildman–Crippen MR) is 112 cm³/mol. The number of fused-ring (bicyclic) bond motifs is 2. The Kier molecular flexibility index (Phi) is 5.28. The molecule has 6 nitrogen and oxygen atoms in total. The minimum absolute atomic E-state index is 0.500. The molecule has 1 aliphatic heterocycles.